The van der Waals surface area contributed by atoms with Crippen LogP contribution in [0.2, 0.25) is 0 Å². The molecule has 1 amide bonds. The van der Waals surface area contributed by atoms with Crippen LogP contribution in [0, 0.1) is 17.2 Å². The molecule has 2 bridgehead atoms. The van der Waals surface area contributed by atoms with Gasteiger partial charge in [0, 0.05) is 42.7 Å². The summed E-state index contributed by atoms with van der Waals surface area (Å²) in [6.45, 7) is 3.89. The van der Waals surface area contributed by atoms with Gasteiger partial charge in [0.25, 0.3) is 5.91 Å². The smallest absolute Gasteiger partial charge is 0.256 e. The lowest BCUT2D eigenvalue weighted by molar-refractivity contribution is 0.00144. The number of amides is 1. The minimum Gasteiger partial charge on any atom is -0.492 e. The van der Waals surface area contributed by atoms with Crippen molar-refractivity contribution in [3.8, 4) is 28.8 Å². The molecule has 226 valence electrons. The van der Waals surface area contributed by atoms with Gasteiger partial charge in [-0.15, -0.1) is 0 Å². The molecule has 3 saturated heterocycles. The Bertz CT molecular complexity index is 1710. The van der Waals surface area contributed by atoms with Crippen molar-refractivity contribution in [2.45, 2.75) is 56.7 Å². The third-order valence-corrected chi connectivity index (χ3v) is 9.38. The zero-order valence-electron chi connectivity index (χ0n) is 24.9. The van der Waals surface area contributed by atoms with Crippen LogP contribution in [0.15, 0.2) is 55.1 Å². The second-order valence-electron chi connectivity index (χ2n) is 12.5. The zero-order chi connectivity index (χ0) is 30.4. The van der Waals surface area contributed by atoms with Crippen molar-refractivity contribution in [3.63, 3.8) is 0 Å². The Kier molecular flexibility index (Phi) is 7.09. The number of hydrogen-bond acceptors (Lipinski definition) is 9. The van der Waals surface area contributed by atoms with Gasteiger partial charge >= 0.3 is 0 Å². The molecule has 7 heterocycles. The molecular formula is C33H35N7O4. The fourth-order valence-corrected chi connectivity index (χ4v) is 6.80. The van der Waals surface area contributed by atoms with E-state index < -0.39 is 5.60 Å². The van der Waals surface area contributed by atoms with Crippen molar-refractivity contribution in [1.29, 1.82) is 5.26 Å². The topological polar surface area (TPSA) is 129 Å². The molecule has 4 fully saturated rings. The average molecular weight is 594 g/mol. The molecule has 1 saturated carbocycles. The number of piperidine rings is 1. The fraction of sp³-hybridized carbons (Fsp3) is 0.424. The highest BCUT2D eigenvalue weighted by Gasteiger charge is 2.47. The number of fused-ring (bicyclic) bond motifs is 3. The Balaban J connectivity index is 1.06. The molecule has 4 aromatic heterocycles. The summed E-state index contributed by atoms with van der Waals surface area (Å²) in [4.78, 5) is 26.4. The molecule has 11 heteroatoms. The van der Waals surface area contributed by atoms with Crippen LogP contribution < -0.4 is 14.4 Å². The second-order valence-corrected chi connectivity index (χ2v) is 12.5. The third-order valence-electron chi connectivity index (χ3n) is 9.38. The standard InChI is InChI=1S/C33H35N7O4/c1-33(42)9-7-21(8-10-33)20-44-27-12-28(31-24(13-34)16-37-39(31)19-27)22-3-5-29(35-14-22)38-17-25-11-26(18-38)40(25)32(41)23-4-6-30(43-2)36-15-23/h3-6,12,14-16,19,21,25-26,42H,7-11,17-18,20H2,1-2H3. The molecule has 4 aliphatic rings. The number of piperazine rings is 1. The number of methoxy groups -OCH3 is 1. The van der Waals surface area contributed by atoms with Crippen LogP contribution in [0.1, 0.15) is 54.9 Å². The van der Waals surface area contributed by atoms with Gasteiger partial charge in [0.2, 0.25) is 5.88 Å². The molecule has 0 aromatic carbocycles. The molecule has 0 radical (unpaired) electrons. The van der Waals surface area contributed by atoms with E-state index in [1.807, 2.05) is 42.4 Å². The van der Waals surface area contributed by atoms with Gasteiger partial charge in [-0.25, -0.2) is 14.5 Å². The van der Waals surface area contributed by atoms with E-state index in [0.29, 0.717) is 53.9 Å². The van der Waals surface area contributed by atoms with Gasteiger partial charge < -0.3 is 24.4 Å². The number of rotatable bonds is 7. The molecule has 11 nitrogen and oxygen atoms in total. The van der Waals surface area contributed by atoms with E-state index >= 15 is 0 Å². The second kappa shape index (κ2) is 11.1. The summed E-state index contributed by atoms with van der Waals surface area (Å²) >= 11 is 0. The van der Waals surface area contributed by atoms with E-state index in [0.717, 1.165) is 49.0 Å². The lowest BCUT2D eigenvalue weighted by Crippen LogP contribution is -2.70. The van der Waals surface area contributed by atoms with Crippen molar-refractivity contribution in [1.82, 2.24) is 24.5 Å². The molecule has 2 unspecified atom stereocenters. The van der Waals surface area contributed by atoms with E-state index in [-0.39, 0.29) is 18.0 Å². The first-order valence-electron chi connectivity index (χ1n) is 15.1. The SMILES string of the molecule is COc1ccc(C(=O)N2C3CC2CN(c2ccc(-c4cc(OCC5CCC(C)(O)CC5)cn5ncc(C#N)c45)cn2)C3)cn1. The summed E-state index contributed by atoms with van der Waals surface area (Å²) in [5.74, 6) is 2.40. The largest absolute Gasteiger partial charge is 0.492 e. The van der Waals surface area contributed by atoms with Gasteiger partial charge in [-0.1, -0.05) is 0 Å². The summed E-state index contributed by atoms with van der Waals surface area (Å²) in [6.07, 6.45) is 11.2. The summed E-state index contributed by atoms with van der Waals surface area (Å²) in [5.41, 5.74) is 2.87. The van der Waals surface area contributed by atoms with Crippen LogP contribution in [-0.2, 0) is 0 Å². The fourth-order valence-electron chi connectivity index (χ4n) is 6.80. The summed E-state index contributed by atoms with van der Waals surface area (Å²) in [5, 5.41) is 24.5. The lowest BCUT2D eigenvalue weighted by Gasteiger charge is -2.56. The predicted octanol–water partition coefficient (Wildman–Crippen LogP) is 4.09. The molecular weight excluding hydrogens is 558 g/mol. The highest BCUT2D eigenvalue weighted by atomic mass is 16.5. The van der Waals surface area contributed by atoms with Crippen molar-refractivity contribution >= 4 is 17.2 Å². The number of nitriles is 1. The first-order valence-corrected chi connectivity index (χ1v) is 15.1. The van der Waals surface area contributed by atoms with Crippen molar-refractivity contribution in [2.24, 2.45) is 5.92 Å². The first-order chi connectivity index (χ1) is 21.3. The van der Waals surface area contributed by atoms with Crippen molar-refractivity contribution < 1.29 is 19.4 Å². The van der Waals surface area contributed by atoms with Crippen molar-refractivity contribution in [3.05, 3.63) is 66.2 Å². The molecule has 1 aliphatic carbocycles. The predicted molar refractivity (Wildman–Crippen MR) is 163 cm³/mol. The minimum atomic E-state index is -0.578. The number of aromatic nitrogens is 4. The van der Waals surface area contributed by atoms with Gasteiger partial charge in [0.1, 0.15) is 17.6 Å². The normalized spacial score (nSPS) is 24.5. The van der Waals surface area contributed by atoms with Crippen LogP contribution >= 0.6 is 0 Å². The molecule has 1 N–H and O–H groups in total. The van der Waals surface area contributed by atoms with E-state index in [1.54, 1.807) is 36.2 Å². The zero-order valence-corrected chi connectivity index (χ0v) is 24.9. The lowest BCUT2D eigenvalue weighted by atomic mass is 9.80. The molecule has 4 aromatic rings. The quantitative estimate of drug-likeness (QED) is 0.337. The number of ether oxygens (including phenoxy) is 2. The highest BCUT2D eigenvalue weighted by molar-refractivity contribution is 5.95. The Morgan fingerprint density at radius 1 is 1.11 bits per heavy atom. The molecule has 0 spiro atoms. The number of anilines is 1. The Morgan fingerprint density at radius 2 is 1.91 bits per heavy atom. The van der Waals surface area contributed by atoms with Crippen molar-refractivity contribution in [2.75, 3.05) is 31.7 Å². The third kappa shape index (κ3) is 5.19. The van der Waals surface area contributed by atoms with Gasteiger partial charge in [0.05, 0.1) is 60.4 Å². The Morgan fingerprint density at radius 3 is 2.57 bits per heavy atom. The van der Waals surface area contributed by atoms with Gasteiger partial charge in [-0.05, 0) is 69.2 Å². The number of hydrogen-bond donors (Lipinski definition) is 1. The maximum Gasteiger partial charge on any atom is 0.256 e. The number of nitrogens with zero attached hydrogens (tertiary/aromatic N) is 7. The van der Waals surface area contributed by atoms with Crippen LogP contribution in [0.4, 0.5) is 5.82 Å². The summed E-state index contributed by atoms with van der Waals surface area (Å²) in [7, 11) is 1.55. The number of carbonyl (C=O) groups is 1. The van der Waals surface area contributed by atoms with Crippen LogP contribution in [-0.4, -0.2) is 80.0 Å². The van der Waals surface area contributed by atoms with Gasteiger partial charge in [-0.2, -0.15) is 10.4 Å². The number of pyridine rings is 3. The summed E-state index contributed by atoms with van der Waals surface area (Å²) in [6, 6.07) is 12.0. The Labute approximate surface area is 255 Å². The molecule has 3 aliphatic heterocycles. The average Bonchev–Trinajstić information content (AvgIpc) is 3.47. The van der Waals surface area contributed by atoms with E-state index in [4.69, 9.17) is 14.5 Å². The first kappa shape index (κ1) is 28.1. The van der Waals surface area contributed by atoms with Crippen LogP contribution in [0.5, 0.6) is 11.6 Å². The van der Waals surface area contributed by atoms with E-state index in [9.17, 15) is 15.2 Å². The highest BCUT2D eigenvalue weighted by Crippen LogP contribution is 2.37. The number of carbonyl (C=O) groups excluding carboxylic acids is 1. The molecule has 2 atom stereocenters. The maximum atomic E-state index is 13.2. The monoisotopic (exact) mass is 593 g/mol. The van der Waals surface area contributed by atoms with E-state index in [2.05, 4.69) is 21.1 Å². The van der Waals surface area contributed by atoms with Crippen LogP contribution in [0.25, 0.3) is 16.6 Å². The number of aliphatic hydroxyl groups is 1. The van der Waals surface area contributed by atoms with E-state index in [1.165, 1.54) is 0 Å². The van der Waals surface area contributed by atoms with Gasteiger partial charge in [0.15, 0.2) is 0 Å². The molecule has 8 rings (SSSR count). The molecule has 44 heavy (non-hydrogen) atoms. The van der Waals surface area contributed by atoms with Crippen LogP contribution in [0.3, 0.4) is 0 Å². The van der Waals surface area contributed by atoms with Gasteiger partial charge in [-0.3, -0.25) is 4.79 Å². The maximum absolute atomic E-state index is 13.2. The Hall–Kier alpha value is -4.69. The summed E-state index contributed by atoms with van der Waals surface area (Å²) < 4.78 is 13.1. The minimum absolute atomic E-state index is 0.0000545.